The highest BCUT2D eigenvalue weighted by Crippen LogP contribution is 2.26. The molecule has 0 aliphatic heterocycles. The van der Waals surface area contributed by atoms with E-state index in [-0.39, 0.29) is 11.5 Å². The maximum Gasteiger partial charge on any atom is 0.335 e. The molecule has 3 aromatic rings. The van der Waals surface area contributed by atoms with E-state index in [1.807, 2.05) is 25.1 Å². The summed E-state index contributed by atoms with van der Waals surface area (Å²) in [5.41, 5.74) is 3.20. The number of carbonyl (C=O) groups is 2. The number of aryl methyl sites for hydroxylation is 1. The van der Waals surface area contributed by atoms with Crippen LogP contribution < -0.4 is 14.8 Å². The summed E-state index contributed by atoms with van der Waals surface area (Å²) in [6, 6.07) is 18.9. The molecule has 0 radical (unpaired) electrons. The second kappa shape index (κ2) is 8.93. The maximum absolute atomic E-state index is 12.5. The van der Waals surface area contributed by atoms with Gasteiger partial charge in [-0.1, -0.05) is 18.2 Å². The average Bonchev–Trinajstić information content (AvgIpc) is 2.73. The van der Waals surface area contributed by atoms with Gasteiger partial charge in [-0.05, 0) is 66.6 Å². The van der Waals surface area contributed by atoms with Crippen molar-refractivity contribution in [3.8, 4) is 11.5 Å². The number of aromatic carboxylic acids is 1. The summed E-state index contributed by atoms with van der Waals surface area (Å²) >= 11 is 0. The first kappa shape index (κ1) is 19.9. The maximum atomic E-state index is 12.5. The fraction of sp³-hybridized carbons (Fsp3) is 0.130. The fourth-order valence-electron chi connectivity index (χ4n) is 2.73. The van der Waals surface area contributed by atoms with Crippen molar-refractivity contribution < 1.29 is 24.2 Å². The fourth-order valence-corrected chi connectivity index (χ4v) is 2.73. The predicted octanol–water partition coefficient (Wildman–Crippen LogP) is 4.53. The van der Waals surface area contributed by atoms with Crippen LogP contribution in [0.15, 0.2) is 66.7 Å². The van der Waals surface area contributed by atoms with Crippen molar-refractivity contribution in [3.05, 3.63) is 89.0 Å². The van der Waals surface area contributed by atoms with Crippen LogP contribution in [0.5, 0.6) is 11.5 Å². The lowest BCUT2D eigenvalue weighted by Crippen LogP contribution is -2.12. The van der Waals surface area contributed by atoms with E-state index in [0.717, 1.165) is 11.1 Å². The molecule has 6 nitrogen and oxygen atoms in total. The molecule has 0 spiro atoms. The van der Waals surface area contributed by atoms with Crippen LogP contribution in [0.2, 0.25) is 0 Å². The van der Waals surface area contributed by atoms with Gasteiger partial charge in [-0.15, -0.1) is 0 Å². The van der Waals surface area contributed by atoms with Crippen molar-refractivity contribution in [1.29, 1.82) is 0 Å². The molecule has 29 heavy (non-hydrogen) atoms. The van der Waals surface area contributed by atoms with Crippen LogP contribution in [0.4, 0.5) is 5.69 Å². The molecule has 0 saturated carbocycles. The molecular weight excluding hydrogens is 370 g/mol. The van der Waals surface area contributed by atoms with Crippen LogP contribution in [0.25, 0.3) is 0 Å². The molecule has 2 N–H and O–H groups in total. The Bertz CT molecular complexity index is 1010. The van der Waals surface area contributed by atoms with Gasteiger partial charge in [0, 0.05) is 5.56 Å². The molecule has 0 aromatic heterocycles. The normalized spacial score (nSPS) is 10.3. The molecule has 0 saturated heterocycles. The lowest BCUT2D eigenvalue weighted by atomic mass is 10.1. The van der Waals surface area contributed by atoms with E-state index in [4.69, 9.17) is 14.6 Å². The number of carbonyl (C=O) groups excluding carboxylic acids is 1. The second-order valence-corrected chi connectivity index (χ2v) is 6.47. The Balaban J connectivity index is 1.61. The van der Waals surface area contributed by atoms with Crippen molar-refractivity contribution in [2.75, 3.05) is 12.4 Å². The van der Waals surface area contributed by atoms with E-state index in [9.17, 15) is 9.59 Å². The Kier molecular flexibility index (Phi) is 6.14. The number of amides is 1. The largest absolute Gasteiger partial charge is 0.495 e. The van der Waals surface area contributed by atoms with Crippen LogP contribution >= 0.6 is 0 Å². The van der Waals surface area contributed by atoms with Gasteiger partial charge in [0.1, 0.15) is 18.1 Å². The smallest absolute Gasteiger partial charge is 0.335 e. The molecule has 3 aromatic carbocycles. The van der Waals surface area contributed by atoms with Gasteiger partial charge in [-0.25, -0.2) is 4.79 Å². The van der Waals surface area contributed by atoms with Crippen molar-refractivity contribution in [2.24, 2.45) is 0 Å². The second-order valence-electron chi connectivity index (χ2n) is 6.47. The van der Waals surface area contributed by atoms with Crippen LogP contribution in [0, 0.1) is 6.92 Å². The number of ether oxygens (including phenoxy) is 2. The summed E-state index contributed by atoms with van der Waals surface area (Å²) in [7, 11) is 1.56. The minimum atomic E-state index is -0.963. The Labute approximate surface area is 168 Å². The Morgan fingerprint density at radius 1 is 0.931 bits per heavy atom. The van der Waals surface area contributed by atoms with E-state index in [0.29, 0.717) is 29.4 Å². The lowest BCUT2D eigenvalue weighted by molar-refractivity contribution is 0.0696. The number of hydrogen-bond donors (Lipinski definition) is 2. The molecule has 0 aliphatic rings. The van der Waals surface area contributed by atoms with Crippen LogP contribution in [-0.2, 0) is 6.61 Å². The number of methoxy groups -OCH3 is 1. The quantitative estimate of drug-likeness (QED) is 0.618. The molecule has 3 rings (SSSR count). The number of carboxylic acid groups (broad SMARTS) is 1. The lowest BCUT2D eigenvalue weighted by Gasteiger charge is -2.11. The molecule has 0 aliphatic carbocycles. The monoisotopic (exact) mass is 391 g/mol. The molecule has 0 unspecified atom stereocenters. The van der Waals surface area contributed by atoms with Crippen molar-refractivity contribution >= 4 is 17.6 Å². The zero-order valence-corrected chi connectivity index (χ0v) is 16.1. The SMILES string of the molecule is COc1ccc(C)cc1NC(=O)c1ccc(OCc2ccc(C(=O)O)cc2)cc1. The van der Waals surface area contributed by atoms with E-state index < -0.39 is 5.97 Å². The van der Waals surface area contributed by atoms with Crippen LogP contribution in [0.3, 0.4) is 0 Å². The number of hydrogen-bond acceptors (Lipinski definition) is 4. The number of benzene rings is 3. The first-order valence-corrected chi connectivity index (χ1v) is 8.97. The molecule has 0 bridgehead atoms. The standard InChI is InChI=1S/C23H21NO5/c1-15-3-12-21(28-2)20(13-15)24-22(25)17-8-10-19(11-9-17)29-14-16-4-6-18(7-5-16)23(26)27/h3-13H,14H2,1-2H3,(H,24,25)(H,26,27). The summed E-state index contributed by atoms with van der Waals surface area (Å²) in [5.74, 6) is -0.00542. The summed E-state index contributed by atoms with van der Waals surface area (Å²) in [6.07, 6.45) is 0. The van der Waals surface area contributed by atoms with E-state index >= 15 is 0 Å². The van der Waals surface area contributed by atoms with Gasteiger partial charge in [0.25, 0.3) is 5.91 Å². The first-order valence-electron chi connectivity index (χ1n) is 8.97. The first-order chi connectivity index (χ1) is 14.0. The molecule has 148 valence electrons. The van der Waals surface area contributed by atoms with Gasteiger partial charge in [-0.2, -0.15) is 0 Å². The van der Waals surface area contributed by atoms with Crippen molar-refractivity contribution in [3.63, 3.8) is 0 Å². The highest BCUT2D eigenvalue weighted by molar-refractivity contribution is 6.05. The van der Waals surface area contributed by atoms with Crippen LogP contribution in [0.1, 0.15) is 31.8 Å². The minimum Gasteiger partial charge on any atom is -0.495 e. The Morgan fingerprint density at radius 2 is 1.59 bits per heavy atom. The van der Waals surface area contributed by atoms with Crippen molar-refractivity contribution in [2.45, 2.75) is 13.5 Å². The molecule has 0 fully saturated rings. The molecule has 0 atom stereocenters. The number of carboxylic acids is 1. The Hall–Kier alpha value is -3.80. The number of nitrogens with one attached hydrogen (secondary N) is 1. The summed E-state index contributed by atoms with van der Waals surface area (Å²) in [4.78, 5) is 23.4. The van der Waals surface area contributed by atoms with Gasteiger partial charge in [-0.3, -0.25) is 4.79 Å². The van der Waals surface area contributed by atoms with Gasteiger partial charge in [0.15, 0.2) is 0 Å². The molecule has 1 amide bonds. The number of anilines is 1. The predicted molar refractivity (Wildman–Crippen MR) is 110 cm³/mol. The Morgan fingerprint density at radius 3 is 2.21 bits per heavy atom. The third kappa shape index (κ3) is 5.13. The van der Waals surface area contributed by atoms with Gasteiger partial charge in [0.05, 0.1) is 18.4 Å². The molecule has 6 heteroatoms. The van der Waals surface area contributed by atoms with Crippen LogP contribution in [-0.4, -0.2) is 24.1 Å². The molecular formula is C23H21NO5. The minimum absolute atomic E-state index is 0.231. The number of rotatable bonds is 7. The van der Waals surface area contributed by atoms with Crippen molar-refractivity contribution in [1.82, 2.24) is 0 Å². The summed E-state index contributed by atoms with van der Waals surface area (Å²) in [5, 5.41) is 11.8. The van der Waals surface area contributed by atoms with Gasteiger partial charge in [0.2, 0.25) is 0 Å². The summed E-state index contributed by atoms with van der Waals surface area (Å²) < 4.78 is 11.0. The third-order valence-corrected chi connectivity index (χ3v) is 4.33. The zero-order valence-electron chi connectivity index (χ0n) is 16.1. The van der Waals surface area contributed by atoms with E-state index in [1.165, 1.54) is 12.1 Å². The van der Waals surface area contributed by atoms with E-state index in [2.05, 4.69) is 5.32 Å². The summed E-state index contributed by atoms with van der Waals surface area (Å²) in [6.45, 7) is 2.24. The topological polar surface area (TPSA) is 84.9 Å². The van der Waals surface area contributed by atoms with Gasteiger partial charge >= 0.3 is 5.97 Å². The average molecular weight is 391 g/mol. The third-order valence-electron chi connectivity index (χ3n) is 4.33. The zero-order chi connectivity index (χ0) is 20.8. The van der Waals surface area contributed by atoms with Gasteiger partial charge < -0.3 is 19.9 Å². The van der Waals surface area contributed by atoms with E-state index in [1.54, 1.807) is 43.5 Å². The highest BCUT2D eigenvalue weighted by atomic mass is 16.5. The molecule has 0 heterocycles. The highest BCUT2D eigenvalue weighted by Gasteiger charge is 2.10.